The Balaban J connectivity index is 1.51. The Kier molecular flexibility index (Phi) is 6.48. The molecule has 1 heterocycles. The minimum Gasteiger partial charge on any atom is -0.422 e. The van der Waals surface area contributed by atoms with Crippen molar-refractivity contribution in [3.05, 3.63) is 97.8 Å². The molecule has 0 spiro atoms. The van der Waals surface area contributed by atoms with E-state index in [0.29, 0.717) is 38.0 Å². The molecule has 160 valence electrons. The van der Waals surface area contributed by atoms with E-state index in [2.05, 4.69) is 10.6 Å². The van der Waals surface area contributed by atoms with Gasteiger partial charge in [0.15, 0.2) is 5.11 Å². The molecule has 0 atom stereocenters. The zero-order valence-electron chi connectivity index (χ0n) is 16.1. The van der Waals surface area contributed by atoms with Crippen LogP contribution in [0.1, 0.15) is 10.4 Å². The molecule has 0 saturated heterocycles. The monoisotopic (exact) mass is 502 g/mol. The van der Waals surface area contributed by atoms with Gasteiger partial charge in [-0.3, -0.25) is 10.1 Å². The standard InChI is InChI=1S/C23H13Cl3N2O3S/c24-17-8-5-13(10-19(17)26)21(29)28-23(32)27-14-6-7-15(18(25)11-14)16-9-12-3-1-2-4-20(12)31-22(16)30/h1-11H,(H2,27,28,29,32). The largest absolute Gasteiger partial charge is 0.422 e. The van der Waals surface area contributed by atoms with Gasteiger partial charge in [-0.2, -0.15) is 0 Å². The van der Waals surface area contributed by atoms with Crippen LogP contribution in [0.15, 0.2) is 75.9 Å². The molecule has 0 aliphatic rings. The lowest BCUT2D eigenvalue weighted by atomic mass is 10.1. The zero-order valence-corrected chi connectivity index (χ0v) is 19.2. The lowest BCUT2D eigenvalue weighted by Gasteiger charge is -2.12. The fraction of sp³-hybridized carbons (Fsp3) is 0. The number of fused-ring (bicyclic) bond motifs is 1. The summed E-state index contributed by atoms with van der Waals surface area (Å²) in [6.45, 7) is 0. The summed E-state index contributed by atoms with van der Waals surface area (Å²) in [6, 6.07) is 18.4. The number of rotatable bonds is 3. The Morgan fingerprint density at radius 2 is 1.62 bits per heavy atom. The molecule has 0 aliphatic carbocycles. The average Bonchev–Trinajstić information content (AvgIpc) is 2.75. The second-order valence-corrected chi connectivity index (χ2v) is 8.35. The molecule has 4 aromatic rings. The zero-order chi connectivity index (χ0) is 22.8. The summed E-state index contributed by atoms with van der Waals surface area (Å²) in [5.41, 5.74) is 1.70. The van der Waals surface area contributed by atoms with Crippen molar-refractivity contribution in [2.24, 2.45) is 0 Å². The number of carbonyl (C=O) groups is 1. The lowest BCUT2D eigenvalue weighted by molar-refractivity contribution is 0.0977. The molecule has 32 heavy (non-hydrogen) atoms. The van der Waals surface area contributed by atoms with Crippen LogP contribution in [-0.4, -0.2) is 11.0 Å². The van der Waals surface area contributed by atoms with Gasteiger partial charge in [-0.15, -0.1) is 0 Å². The highest BCUT2D eigenvalue weighted by atomic mass is 35.5. The molecule has 4 rings (SSSR count). The summed E-state index contributed by atoms with van der Waals surface area (Å²) in [7, 11) is 0. The SMILES string of the molecule is O=C(NC(=S)Nc1ccc(-c2cc3ccccc3oc2=O)c(Cl)c1)c1ccc(Cl)c(Cl)c1. The van der Waals surface area contributed by atoms with E-state index in [-0.39, 0.29) is 10.1 Å². The van der Waals surface area contributed by atoms with Crippen LogP contribution in [0.4, 0.5) is 5.69 Å². The van der Waals surface area contributed by atoms with E-state index in [0.717, 1.165) is 5.39 Å². The maximum atomic E-state index is 12.4. The normalized spacial score (nSPS) is 10.7. The summed E-state index contributed by atoms with van der Waals surface area (Å²) < 4.78 is 5.38. The maximum absolute atomic E-state index is 12.4. The van der Waals surface area contributed by atoms with E-state index in [1.807, 2.05) is 12.1 Å². The summed E-state index contributed by atoms with van der Waals surface area (Å²) in [6.07, 6.45) is 0. The van der Waals surface area contributed by atoms with Crippen LogP contribution >= 0.6 is 47.0 Å². The Bertz CT molecular complexity index is 1440. The quantitative estimate of drug-likeness (QED) is 0.245. The minimum absolute atomic E-state index is 0.0649. The third-order valence-electron chi connectivity index (χ3n) is 4.57. The number of nitrogens with one attached hydrogen (secondary N) is 2. The van der Waals surface area contributed by atoms with Crippen molar-refractivity contribution in [3.63, 3.8) is 0 Å². The van der Waals surface area contributed by atoms with Crippen LogP contribution in [0, 0.1) is 0 Å². The van der Waals surface area contributed by atoms with Gasteiger partial charge < -0.3 is 9.73 Å². The van der Waals surface area contributed by atoms with Crippen molar-refractivity contribution in [2.75, 3.05) is 5.32 Å². The first-order chi connectivity index (χ1) is 15.3. The molecule has 0 unspecified atom stereocenters. The summed E-state index contributed by atoms with van der Waals surface area (Å²) >= 11 is 23.4. The van der Waals surface area contributed by atoms with Crippen LogP contribution in [0.2, 0.25) is 15.1 Å². The van der Waals surface area contributed by atoms with E-state index in [4.69, 9.17) is 51.4 Å². The van der Waals surface area contributed by atoms with E-state index >= 15 is 0 Å². The van der Waals surface area contributed by atoms with Crippen molar-refractivity contribution in [1.29, 1.82) is 0 Å². The Morgan fingerprint density at radius 3 is 2.38 bits per heavy atom. The number of carbonyl (C=O) groups excluding carboxylic acids is 1. The second-order valence-electron chi connectivity index (χ2n) is 6.72. The summed E-state index contributed by atoms with van der Waals surface area (Å²) in [4.78, 5) is 24.8. The number of hydrogen-bond acceptors (Lipinski definition) is 4. The first kappa shape index (κ1) is 22.3. The van der Waals surface area contributed by atoms with Crippen LogP contribution < -0.4 is 16.3 Å². The van der Waals surface area contributed by atoms with E-state index in [9.17, 15) is 9.59 Å². The van der Waals surface area contributed by atoms with Gasteiger partial charge in [0.25, 0.3) is 5.91 Å². The van der Waals surface area contributed by atoms with Gasteiger partial charge in [-0.1, -0.05) is 59.1 Å². The van der Waals surface area contributed by atoms with Crippen molar-refractivity contribution < 1.29 is 9.21 Å². The highest BCUT2D eigenvalue weighted by Gasteiger charge is 2.13. The number of thiocarbonyl (C=S) groups is 1. The highest BCUT2D eigenvalue weighted by Crippen LogP contribution is 2.30. The third kappa shape index (κ3) is 4.79. The number of anilines is 1. The van der Waals surface area contributed by atoms with Gasteiger partial charge in [0.2, 0.25) is 0 Å². The smallest absolute Gasteiger partial charge is 0.344 e. The second kappa shape index (κ2) is 9.30. The van der Waals surface area contributed by atoms with Gasteiger partial charge in [0, 0.05) is 22.2 Å². The van der Waals surface area contributed by atoms with Gasteiger partial charge in [0.05, 0.1) is 20.6 Å². The average molecular weight is 504 g/mol. The van der Waals surface area contributed by atoms with Crippen molar-refractivity contribution >= 4 is 74.7 Å². The van der Waals surface area contributed by atoms with Crippen LogP contribution in [0.5, 0.6) is 0 Å². The minimum atomic E-state index is -0.490. The van der Waals surface area contributed by atoms with Gasteiger partial charge in [-0.05, 0) is 54.7 Å². The highest BCUT2D eigenvalue weighted by molar-refractivity contribution is 7.80. The Morgan fingerprint density at radius 1 is 0.844 bits per heavy atom. The molecule has 0 saturated carbocycles. The molecule has 0 aliphatic heterocycles. The predicted octanol–water partition coefficient (Wildman–Crippen LogP) is 6.55. The number of halogens is 3. The first-order valence-electron chi connectivity index (χ1n) is 9.22. The third-order valence-corrected chi connectivity index (χ3v) is 5.82. The predicted molar refractivity (Wildman–Crippen MR) is 133 cm³/mol. The lowest BCUT2D eigenvalue weighted by Crippen LogP contribution is -2.34. The molecular weight excluding hydrogens is 491 g/mol. The molecule has 1 amide bonds. The molecule has 0 radical (unpaired) electrons. The molecule has 0 fully saturated rings. The van der Waals surface area contributed by atoms with Crippen LogP contribution in [0.25, 0.3) is 22.1 Å². The van der Waals surface area contributed by atoms with Crippen LogP contribution in [-0.2, 0) is 0 Å². The van der Waals surface area contributed by atoms with E-state index in [1.165, 1.54) is 18.2 Å². The van der Waals surface area contributed by atoms with Gasteiger partial charge in [-0.25, -0.2) is 4.79 Å². The molecule has 1 aromatic heterocycles. The number of amides is 1. The Hall–Kier alpha value is -2.90. The summed E-state index contributed by atoms with van der Waals surface area (Å²) in [5.74, 6) is -0.447. The number of hydrogen-bond donors (Lipinski definition) is 2. The van der Waals surface area contributed by atoms with E-state index < -0.39 is 11.5 Å². The molecule has 5 nitrogen and oxygen atoms in total. The molecule has 9 heteroatoms. The number of para-hydroxylation sites is 1. The fourth-order valence-electron chi connectivity index (χ4n) is 3.04. The molecule has 0 bridgehead atoms. The van der Waals surface area contributed by atoms with Crippen molar-refractivity contribution in [2.45, 2.75) is 0 Å². The maximum Gasteiger partial charge on any atom is 0.344 e. The van der Waals surface area contributed by atoms with E-state index in [1.54, 1.807) is 36.4 Å². The topological polar surface area (TPSA) is 71.3 Å². The summed E-state index contributed by atoms with van der Waals surface area (Å²) in [5, 5.41) is 7.22. The molecular formula is C23H13Cl3N2O3S. The Labute approximate surface area is 202 Å². The van der Waals surface area contributed by atoms with Gasteiger partial charge in [0.1, 0.15) is 5.58 Å². The first-order valence-corrected chi connectivity index (χ1v) is 10.8. The molecule has 3 aromatic carbocycles. The molecule has 2 N–H and O–H groups in total. The fourth-order valence-corrected chi connectivity index (χ4v) is 3.83. The van der Waals surface area contributed by atoms with Gasteiger partial charge >= 0.3 is 5.63 Å². The number of benzene rings is 3. The van der Waals surface area contributed by atoms with Crippen LogP contribution in [0.3, 0.4) is 0 Å². The van der Waals surface area contributed by atoms with Crippen molar-refractivity contribution in [1.82, 2.24) is 5.32 Å². The van der Waals surface area contributed by atoms with Crippen molar-refractivity contribution in [3.8, 4) is 11.1 Å².